The lowest BCUT2D eigenvalue weighted by Gasteiger charge is -2.68. The number of quaternary nitrogens is 1. The summed E-state index contributed by atoms with van der Waals surface area (Å²) < 4.78 is 0. The quantitative estimate of drug-likeness (QED) is 0.136. The fourth-order valence-corrected chi connectivity index (χ4v) is 32.0. The number of hydrogen-bond acceptors (Lipinski definition) is 1. The van der Waals surface area contributed by atoms with Crippen LogP contribution in [0.1, 0.15) is 154 Å². The Bertz CT molecular complexity index is 1090. The maximum Gasteiger partial charge on any atom is 0.0906 e. The molecule has 0 amide bonds. The maximum atomic E-state index is 5.47. The van der Waals surface area contributed by atoms with Crippen molar-refractivity contribution in [2.24, 2.45) is 71.0 Å². The van der Waals surface area contributed by atoms with Crippen LogP contribution in [0, 0.1) is 71.0 Å². The van der Waals surface area contributed by atoms with Crippen molar-refractivity contribution in [2.75, 3.05) is 64.4 Å². The molecular formula is C50H83Cl3N2P2. The summed E-state index contributed by atoms with van der Waals surface area (Å²) in [6.07, 6.45) is 43.3. The van der Waals surface area contributed by atoms with Crippen molar-refractivity contribution in [3.63, 3.8) is 0 Å². The molecule has 0 unspecified atom stereocenters. The Morgan fingerprint density at radius 3 is 0.789 bits per heavy atom. The van der Waals surface area contributed by atoms with Crippen molar-refractivity contribution < 1.29 is 17.3 Å². The minimum Gasteiger partial charge on any atom is -1.00 e. The molecular weight excluding hydrogens is 797 g/mol. The topological polar surface area (TPSA) is 7.68 Å². The van der Waals surface area contributed by atoms with Gasteiger partial charge in [0.05, 0.1) is 31.9 Å². The van der Waals surface area contributed by atoms with Gasteiger partial charge in [-0.25, -0.2) is 0 Å². The predicted molar refractivity (Wildman–Crippen MR) is 243 cm³/mol. The van der Waals surface area contributed by atoms with Crippen LogP contribution in [0.15, 0.2) is 0 Å². The van der Waals surface area contributed by atoms with Crippen molar-refractivity contribution >= 4 is 39.0 Å². The van der Waals surface area contributed by atoms with Gasteiger partial charge in [-0.1, -0.05) is 15.8 Å². The van der Waals surface area contributed by atoms with Crippen LogP contribution in [-0.4, -0.2) is 89.9 Å². The summed E-state index contributed by atoms with van der Waals surface area (Å²) in [5.74, 6) is 15.1. The van der Waals surface area contributed by atoms with E-state index in [9.17, 15) is 0 Å². The van der Waals surface area contributed by atoms with Crippen molar-refractivity contribution in [3.05, 3.63) is 0 Å². The number of alkyl halides is 2. The van der Waals surface area contributed by atoms with E-state index in [4.69, 9.17) is 23.2 Å². The third kappa shape index (κ3) is 7.97. The fraction of sp³-hybridized carbons (Fsp3) is 1.00. The maximum absolute atomic E-state index is 5.47. The summed E-state index contributed by atoms with van der Waals surface area (Å²) in [5, 5.41) is 3.28. The molecule has 0 atom stereocenters. The van der Waals surface area contributed by atoms with Crippen molar-refractivity contribution in [1.29, 1.82) is 0 Å². The Morgan fingerprint density at radius 2 is 0.614 bits per heavy atom. The van der Waals surface area contributed by atoms with Gasteiger partial charge in [0.1, 0.15) is 0 Å². The highest BCUT2D eigenvalue weighted by Gasteiger charge is 2.64. The number of halogens is 3. The van der Waals surface area contributed by atoms with E-state index in [0.29, 0.717) is 0 Å². The summed E-state index contributed by atoms with van der Waals surface area (Å²) in [4.78, 5) is 4.42. The first-order valence-electron chi connectivity index (χ1n) is 25.3. The van der Waals surface area contributed by atoms with E-state index in [1.807, 2.05) is 0 Å². The van der Waals surface area contributed by atoms with E-state index in [0.717, 1.165) is 116 Å². The van der Waals surface area contributed by atoms with E-state index in [1.54, 1.807) is 166 Å². The molecule has 7 heteroatoms. The normalized spacial score (nSPS) is 51.1. The second-order valence-corrected chi connectivity index (χ2v) is 32.2. The Labute approximate surface area is 369 Å². The van der Waals surface area contributed by atoms with Crippen LogP contribution in [0.2, 0.25) is 0 Å². The molecule has 0 saturated heterocycles. The first kappa shape index (κ1) is 42.6. The van der Waals surface area contributed by atoms with Crippen LogP contribution in [0.3, 0.4) is 0 Å². The molecule has 0 aromatic carbocycles. The molecule has 16 aliphatic carbocycles. The lowest BCUT2D eigenvalue weighted by atomic mass is 9.55. The Morgan fingerprint density at radius 1 is 0.421 bits per heavy atom. The first-order valence-corrected chi connectivity index (χ1v) is 29.4. The summed E-state index contributed by atoms with van der Waals surface area (Å²) in [7, 11) is 5.04. The minimum atomic E-state index is 0. The summed E-state index contributed by atoms with van der Waals surface area (Å²) >= 11 is 10.9. The van der Waals surface area contributed by atoms with Gasteiger partial charge in [-0.15, -0.1) is 23.2 Å². The second-order valence-electron chi connectivity index (χ2n) is 25.0. The standard InChI is InChI=1S/C45H71NP2.C5H11Cl2N.ClH/c1-46(2-4-47(42-18-30-6-31(19-42)8-32(7-30)20-42)43-21-33-9-34(22-43)11-35(10-33)23-43)3-5-48(44-24-36-12-37(25-44)14-38(13-36)26-44)45-27-39-15-40(28-45)17-41(16-39)29-45;1-8(4-2-6)5-3-7;/h30-41H,2-29H2,1H3;2-5H2,1H3;1H. The number of rotatable bonds is 14. The van der Waals surface area contributed by atoms with Crippen LogP contribution in [0.5, 0.6) is 0 Å². The number of nitrogens with one attached hydrogen (secondary N) is 1. The van der Waals surface area contributed by atoms with Gasteiger partial charge >= 0.3 is 0 Å². The smallest absolute Gasteiger partial charge is 0.0906 e. The Kier molecular flexibility index (Phi) is 12.4. The molecule has 2 nitrogen and oxygen atoms in total. The first-order chi connectivity index (χ1) is 27.1. The molecule has 16 aliphatic rings. The highest BCUT2D eigenvalue weighted by Crippen LogP contribution is 2.80. The summed E-state index contributed by atoms with van der Waals surface area (Å²) in [5.41, 5.74) is 0. The molecule has 16 bridgehead atoms. The van der Waals surface area contributed by atoms with E-state index in [2.05, 4.69) is 19.0 Å². The van der Waals surface area contributed by atoms with Crippen LogP contribution in [-0.2, 0) is 0 Å². The van der Waals surface area contributed by atoms with Gasteiger partial charge < -0.3 is 22.2 Å². The molecule has 0 radical (unpaired) electrons. The van der Waals surface area contributed by atoms with Crippen molar-refractivity contribution in [2.45, 2.75) is 175 Å². The highest BCUT2D eigenvalue weighted by atomic mass is 35.5. The fourth-order valence-electron chi connectivity index (χ4n) is 20.6. The zero-order chi connectivity index (χ0) is 37.9. The van der Waals surface area contributed by atoms with Crippen molar-refractivity contribution in [3.8, 4) is 0 Å². The lowest BCUT2D eigenvalue weighted by Crippen LogP contribution is -3.09. The zero-order valence-corrected chi connectivity index (χ0v) is 40.6. The molecule has 0 aromatic heterocycles. The van der Waals surface area contributed by atoms with Gasteiger partial charge in [0.15, 0.2) is 0 Å². The van der Waals surface area contributed by atoms with E-state index < -0.39 is 0 Å². The average Bonchev–Trinajstić information content (AvgIpc) is 3.10. The van der Waals surface area contributed by atoms with E-state index in [1.165, 1.54) is 18.0 Å². The SMILES string of the molecule is CN(CCP(C12CC3CC(CC(C3)C1)C2)C12CC3CC(CC(C3)C1)C2)CCP(C12CC3CC(CC(C3)C1)C2)C12CC3CC(CC(C3)C1)C2.C[NH+](CCCl)CCCl.[Cl-]. The van der Waals surface area contributed by atoms with Gasteiger partial charge in [0.25, 0.3) is 0 Å². The molecule has 16 fully saturated rings. The number of nitrogens with zero attached hydrogens (tertiary/aromatic N) is 1. The summed E-state index contributed by atoms with van der Waals surface area (Å²) in [6.45, 7) is 4.96. The van der Waals surface area contributed by atoms with Gasteiger partial charge in [-0.3, -0.25) is 0 Å². The number of hydrogen-bond donors (Lipinski definition) is 1. The minimum absolute atomic E-state index is 0. The molecule has 0 heterocycles. The van der Waals surface area contributed by atoms with Gasteiger partial charge in [-0.2, -0.15) is 0 Å². The highest BCUT2D eigenvalue weighted by molar-refractivity contribution is 7.61. The van der Waals surface area contributed by atoms with Gasteiger partial charge in [0, 0.05) is 13.1 Å². The molecule has 0 aromatic rings. The third-order valence-corrected chi connectivity index (χ3v) is 29.2. The Balaban J connectivity index is 0.000000402. The largest absolute Gasteiger partial charge is 1.00 e. The van der Waals surface area contributed by atoms with Gasteiger partial charge in [-0.05, 0) is 265 Å². The van der Waals surface area contributed by atoms with Crippen LogP contribution >= 0.6 is 39.0 Å². The monoisotopic (exact) mass is 879 g/mol. The predicted octanol–water partition coefficient (Wildman–Crippen LogP) is 8.74. The summed E-state index contributed by atoms with van der Waals surface area (Å²) in [6, 6.07) is 0. The van der Waals surface area contributed by atoms with E-state index >= 15 is 0 Å². The molecule has 16 saturated carbocycles. The molecule has 324 valence electrons. The molecule has 0 spiro atoms. The molecule has 57 heavy (non-hydrogen) atoms. The van der Waals surface area contributed by atoms with Crippen LogP contribution < -0.4 is 17.3 Å². The average molecular weight is 881 g/mol. The zero-order valence-electron chi connectivity index (χ0n) is 36.5. The van der Waals surface area contributed by atoms with Crippen LogP contribution in [0.4, 0.5) is 0 Å². The third-order valence-electron chi connectivity index (χ3n) is 20.8. The second kappa shape index (κ2) is 16.6. The molecule has 1 N–H and O–H groups in total. The molecule has 16 rings (SSSR count). The van der Waals surface area contributed by atoms with E-state index in [-0.39, 0.29) is 28.3 Å². The molecule has 0 aliphatic heterocycles. The lowest BCUT2D eigenvalue weighted by molar-refractivity contribution is -0.874. The van der Waals surface area contributed by atoms with Crippen molar-refractivity contribution in [1.82, 2.24) is 4.90 Å². The van der Waals surface area contributed by atoms with Gasteiger partial charge in [0.2, 0.25) is 0 Å². The van der Waals surface area contributed by atoms with Crippen LogP contribution in [0.25, 0.3) is 0 Å². The Hall–Kier alpha value is 1.65.